The number of hydrogen-bond donors (Lipinski definition) is 2. The Morgan fingerprint density at radius 1 is 1.03 bits per heavy atom. The molecule has 1 atom stereocenters. The number of carbonyl (C=O) groups excluding carboxylic acids is 2. The van der Waals surface area contributed by atoms with E-state index in [9.17, 15) is 22.4 Å². The Morgan fingerprint density at radius 2 is 1.73 bits per heavy atom. The number of nitrogens with one attached hydrogen (secondary N) is 2. The average Bonchev–Trinajstić information content (AvgIpc) is 2.75. The van der Waals surface area contributed by atoms with Gasteiger partial charge in [-0.1, -0.05) is 12.5 Å². The molecule has 1 aliphatic heterocycles. The van der Waals surface area contributed by atoms with Crippen molar-refractivity contribution >= 4 is 27.5 Å². The molecule has 9 heteroatoms. The summed E-state index contributed by atoms with van der Waals surface area (Å²) in [6.45, 7) is 5.86. The Kier molecular flexibility index (Phi) is 7.86. The summed E-state index contributed by atoms with van der Waals surface area (Å²) in [5.41, 5.74) is 2.76. The Bertz CT molecular complexity index is 1130. The second-order valence-corrected chi connectivity index (χ2v) is 10.4. The van der Waals surface area contributed by atoms with Crippen LogP contribution in [0.4, 0.5) is 10.1 Å². The molecule has 0 radical (unpaired) electrons. The standard InChI is InChI=1S/C24H30FN3O4S/c1-16-12-17(2)14-19(13-16)27-24(30)23(29)26-10-9-20-6-4-5-11-28(20)33(31,32)21-7-8-22(25)18(3)15-21/h7-8,12-15,20H,4-6,9-11H2,1-3H3,(H,26,29)(H,27,30)/t20-/m1/s1. The molecular weight excluding hydrogens is 445 g/mol. The second kappa shape index (κ2) is 10.4. The van der Waals surface area contributed by atoms with E-state index in [1.165, 1.54) is 23.4 Å². The van der Waals surface area contributed by atoms with Gasteiger partial charge >= 0.3 is 11.8 Å². The first-order chi connectivity index (χ1) is 15.6. The highest BCUT2D eigenvalue weighted by molar-refractivity contribution is 7.89. The van der Waals surface area contributed by atoms with Gasteiger partial charge in [0.05, 0.1) is 4.90 Å². The molecule has 178 valence electrons. The minimum Gasteiger partial charge on any atom is -0.348 e. The fourth-order valence-electron chi connectivity index (χ4n) is 4.16. The van der Waals surface area contributed by atoms with Crippen LogP contribution in [-0.4, -0.2) is 43.7 Å². The van der Waals surface area contributed by atoms with Crippen molar-refractivity contribution in [3.05, 3.63) is 58.9 Å². The molecule has 1 saturated heterocycles. The van der Waals surface area contributed by atoms with Gasteiger partial charge in [-0.25, -0.2) is 12.8 Å². The van der Waals surface area contributed by atoms with E-state index in [0.29, 0.717) is 25.1 Å². The van der Waals surface area contributed by atoms with Crippen LogP contribution in [0.2, 0.25) is 0 Å². The maximum atomic E-state index is 13.6. The molecule has 2 aromatic rings. The number of aryl methyl sites for hydroxylation is 3. The highest BCUT2D eigenvalue weighted by Crippen LogP contribution is 2.27. The van der Waals surface area contributed by atoms with Crippen molar-refractivity contribution in [2.24, 2.45) is 0 Å². The van der Waals surface area contributed by atoms with Crippen LogP contribution in [0.1, 0.15) is 42.4 Å². The second-order valence-electron chi connectivity index (χ2n) is 8.55. The van der Waals surface area contributed by atoms with Crippen molar-refractivity contribution in [3.63, 3.8) is 0 Å². The van der Waals surface area contributed by atoms with Crippen LogP contribution in [0.15, 0.2) is 41.3 Å². The van der Waals surface area contributed by atoms with Gasteiger partial charge in [-0.15, -0.1) is 0 Å². The predicted molar refractivity (Wildman–Crippen MR) is 125 cm³/mol. The van der Waals surface area contributed by atoms with Crippen molar-refractivity contribution in [2.45, 2.75) is 57.4 Å². The van der Waals surface area contributed by atoms with Crippen LogP contribution in [0.3, 0.4) is 0 Å². The molecule has 2 amide bonds. The molecule has 2 N–H and O–H groups in total. The third-order valence-electron chi connectivity index (χ3n) is 5.76. The number of carbonyl (C=O) groups is 2. The van der Waals surface area contributed by atoms with E-state index < -0.39 is 27.7 Å². The summed E-state index contributed by atoms with van der Waals surface area (Å²) in [5.74, 6) is -1.99. The normalized spacial score (nSPS) is 16.9. The number of nitrogens with zero attached hydrogens (tertiary/aromatic N) is 1. The summed E-state index contributed by atoms with van der Waals surface area (Å²) >= 11 is 0. The number of hydrogen-bond acceptors (Lipinski definition) is 4. The number of sulfonamides is 1. The van der Waals surface area contributed by atoms with Crippen LogP contribution < -0.4 is 10.6 Å². The van der Waals surface area contributed by atoms with Crippen LogP contribution in [0.25, 0.3) is 0 Å². The molecule has 0 unspecified atom stereocenters. The lowest BCUT2D eigenvalue weighted by Gasteiger charge is -2.34. The summed E-state index contributed by atoms with van der Waals surface area (Å²) in [6.07, 6.45) is 2.65. The lowest BCUT2D eigenvalue weighted by Crippen LogP contribution is -2.45. The number of halogens is 1. The molecule has 0 aliphatic carbocycles. The van der Waals surface area contributed by atoms with Crippen molar-refractivity contribution in [3.8, 4) is 0 Å². The lowest BCUT2D eigenvalue weighted by atomic mass is 10.0. The van der Waals surface area contributed by atoms with Gasteiger partial charge < -0.3 is 10.6 Å². The summed E-state index contributed by atoms with van der Waals surface area (Å²) in [5, 5.41) is 5.17. The molecule has 2 aromatic carbocycles. The van der Waals surface area contributed by atoms with E-state index in [4.69, 9.17) is 0 Å². The number of amides is 2. The number of rotatable bonds is 6. The van der Waals surface area contributed by atoms with Crippen LogP contribution >= 0.6 is 0 Å². The summed E-state index contributed by atoms with van der Waals surface area (Å²) in [6, 6.07) is 9.00. The fraction of sp³-hybridized carbons (Fsp3) is 0.417. The Morgan fingerprint density at radius 3 is 2.39 bits per heavy atom. The molecule has 33 heavy (non-hydrogen) atoms. The zero-order valence-corrected chi connectivity index (χ0v) is 20.0. The van der Waals surface area contributed by atoms with Crippen LogP contribution in [0, 0.1) is 26.6 Å². The van der Waals surface area contributed by atoms with E-state index in [-0.39, 0.29) is 23.0 Å². The third kappa shape index (κ3) is 6.17. The molecular formula is C24H30FN3O4S. The van der Waals surface area contributed by atoms with Crippen molar-refractivity contribution in [1.29, 1.82) is 0 Å². The smallest absolute Gasteiger partial charge is 0.313 e. The Balaban J connectivity index is 1.60. The molecule has 3 rings (SSSR count). The number of piperidine rings is 1. The number of anilines is 1. The molecule has 0 saturated carbocycles. The first-order valence-corrected chi connectivity index (χ1v) is 12.5. The van der Waals surface area contributed by atoms with Gasteiger partial charge in [0.2, 0.25) is 10.0 Å². The van der Waals surface area contributed by atoms with Gasteiger partial charge in [-0.2, -0.15) is 4.31 Å². The Labute approximate surface area is 194 Å². The number of benzene rings is 2. The highest BCUT2D eigenvalue weighted by atomic mass is 32.2. The van der Waals surface area contributed by atoms with Crippen LogP contribution in [0.5, 0.6) is 0 Å². The van der Waals surface area contributed by atoms with E-state index >= 15 is 0 Å². The summed E-state index contributed by atoms with van der Waals surface area (Å²) in [7, 11) is -3.79. The van der Waals surface area contributed by atoms with Crippen LogP contribution in [-0.2, 0) is 19.6 Å². The minimum atomic E-state index is -3.79. The first-order valence-electron chi connectivity index (χ1n) is 11.0. The predicted octanol–water partition coefficient (Wildman–Crippen LogP) is 3.44. The fourth-order valence-corrected chi connectivity index (χ4v) is 5.97. The molecule has 7 nitrogen and oxygen atoms in total. The van der Waals surface area contributed by atoms with E-state index in [2.05, 4.69) is 10.6 Å². The zero-order chi connectivity index (χ0) is 24.2. The molecule has 1 aliphatic rings. The van der Waals surface area contributed by atoms with Gasteiger partial charge in [-0.3, -0.25) is 9.59 Å². The maximum absolute atomic E-state index is 13.6. The van der Waals surface area contributed by atoms with Crippen molar-refractivity contribution in [2.75, 3.05) is 18.4 Å². The molecule has 0 bridgehead atoms. The third-order valence-corrected chi connectivity index (χ3v) is 7.71. The largest absolute Gasteiger partial charge is 0.348 e. The van der Waals surface area contributed by atoms with E-state index in [1.807, 2.05) is 19.9 Å². The maximum Gasteiger partial charge on any atom is 0.313 e. The van der Waals surface area contributed by atoms with Gasteiger partial charge in [0.1, 0.15) is 5.82 Å². The minimum absolute atomic E-state index is 0.0603. The van der Waals surface area contributed by atoms with Crippen molar-refractivity contribution < 1.29 is 22.4 Å². The molecule has 0 aromatic heterocycles. The van der Waals surface area contributed by atoms with Crippen molar-refractivity contribution in [1.82, 2.24) is 9.62 Å². The average molecular weight is 476 g/mol. The lowest BCUT2D eigenvalue weighted by molar-refractivity contribution is -0.136. The summed E-state index contributed by atoms with van der Waals surface area (Å²) in [4.78, 5) is 24.5. The topological polar surface area (TPSA) is 95.6 Å². The van der Waals surface area contributed by atoms with E-state index in [1.54, 1.807) is 12.1 Å². The van der Waals surface area contributed by atoms with E-state index in [0.717, 1.165) is 30.0 Å². The monoisotopic (exact) mass is 475 g/mol. The summed E-state index contributed by atoms with van der Waals surface area (Å²) < 4.78 is 41.4. The Hall–Kier alpha value is -2.78. The van der Waals surface area contributed by atoms with Gasteiger partial charge in [-0.05, 0) is 87.1 Å². The molecule has 0 spiro atoms. The van der Waals surface area contributed by atoms with Gasteiger partial charge in [0.15, 0.2) is 0 Å². The molecule has 1 heterocycles. The highest BCUT2D eigenvalue weighted by Gasteiger charge is 2.33. The van der Waals surface area contributed by atoms with Gasteiger partial charge in [0, 0.05) is 24.8 Å². The van der Waals surface area contributed by atoms with Gasteiger partial charge in [0.25, 0.3) is 0 Å². The first kappa shape index (κ1) is 24.9. The molecule has 1 fully saturated rings. The zero-order valence-electron chi connectivity index (χ0n) is 19.2. The SMILES string of the molecule is Cc1cc(C)cc(NC(=O)C(=O)NCC[C@H]2CCCCN2S(=O)(=O)c2ccc(F)c(C)c2)c1. The quantitative estimate of drug-likeness (QED) is 0.626.